The quantitative estimate of drug-likeness (QED) is 0.528. The van der Waals surface area contributed by atoms with Crippen LogP contribution < -0.4 is 5.73 Å². The van der Waals surface area contributed by atoms with Crippen molar-refractivity contribution in [1.82, 2.24) is 0 Å². The number of nitrogens with two attached hydrogens (primary N) is 1. The van der Waals surface area contributed by atoms with Crippen molar-refractivity contribution in [3.63, 3.8) is 0 Å². The summed E-state index contributed by atoms with van der Waals surface area (Å²) >= 11 is 4.48. The van der Waals surface area contributed by atoms with Crippen LogP contribution in [0.25, 0.3) is 0 Å². The Bertz CT molecular complexity index is 112. The van der Waals surface area contributed by atoms with E-state index in [1.807, 2.05) is 0 Å². The molecule has 0 bridgehead atoms. The highest BCUT2D eigenvalue weighted by Crippen LogP contribution is 2.25. The Morgan fingerprint density at radius 2 is 2.09 bits per heavy atom. The van der Waals surface area contributed by atoms with Gasteiger partial charge in [0.15, 0.2) is 0 Å². The van der Waals surface area contributed by atoms with Crippen molar-refractivity contribution >= 4 is 11.6 Å². The summed E-state index contributed by atoms with van der Waals surface area (Å²) in [6.07, 6.45) is -3.66. The maximum absolute atomic E-state index is 12.1. The van der Waals surface area contributed by atoms with E-state index in [1.54, 1.807) is 0 Å². The first-order chi connectivity index (χ1) is 5.00. The Morgan fingerprint density at radius 1 is 1.55 bits per heavy atom. The van der Waals surface area contributed by atoms with Crippen LogP contribution in [0.1, 0.15) is 6.42 Å². The highest BCUT2D eigenvalue weighted by molar-refractivity contribution is 6.20. The molecule has 1 atom stereocenters. The first-order valence-corrected chi connectivity index (χ1v) is 3.44. The molecule has 1 unspecified atom stereocenters. The Hall–Kier alpha value is -0.0000000000000000555. The van der Waals surface area contributed by atoms with Crippen molar-refractivity contribution in [2.75, 3.05) is 13.2 Å². The van der Waals surface area contributed by atoms with Gasteiger partial charge in [0.1, 0.15) is 0 Å². The molecule has 0 saturated carbocycles. The van der Waals surface area contributed by atoms with Crippen LogP contribution in [0, 0.1) is 0 Å². The second kappa shape index (κ2) is 4.79. The summed E-state index contributed by atoms with van der Waals surface area (Å²) in [6.45, 7) is -0.0774. The highest BCUT2D eigenvalue weighted by atomic mass is 35.5. The van der Waals surface area contributed by atoms with E-state index in [2.05, 4.69) is 16.3 Å². The van der Waals surface area contributed by atoms with Gasteiger partial charge in [-0.05, 0) is 13.0 Å². The van der Waals surface area contributed by atoms with Gasteiger partial charge in [-0.1, -0.05) is 11.6 Å². The molecule has 0 aromatic heterocycles. The van der Waals surface area contributed by atoms with Crippen LogP contribution in [0.5, 0.6) is 0 Å². The molecule has 0 aliphatic heterocycles. The van der Waals surface area contributed by atoms with E-state index in [9.17, 15) is 13.2 Å². The van der Waals surface area contributed by atoms with Crippen molar-refractivity contribution < 1.29 is 17.9 Å². The maximum atomic E-state index is 12.1. The molecule has 0 aliphatic rings. The van der Waals surface area contributed by atoms with Crippen LogP contribution in [0.15, 0.2) is 0 Å². The van der Waals surface area contributed by atoms with Gasteiger partial charge in [0.2, 0.25) is 0 Å². The molecule has 0 heterocycles. The molecule has 0 spiro atoms. The average Bonchev–Trinajstić information content (AvgIpc) is 1.88. The Morgan fingerprint density at radius 3 is 2.45 bits per heavy atom. The predicted octanol–water partition coefficient (Wildman–Crippen LogP) is 1.48. The highest BCUT2D eigenvalue weighted by Gasteiger charge is 2.39. The fourth-order valence-corrected chi connectivity index (χ4v) is 0.418. The standard InChI is InChI=1S/C5H9ClF3NO/c6-4(7)5(8,9)11-3-1-2-10/h4H,1-3,10H2. The van der Waals surface area contributed by atoms with Crippen molar-refractivity contribution in [3.8, 4) is 0 Å². The predicted molar refractivity (Wildman–Crippen MR) is 35.3 cm³/mol. The number of rotatable bonds is 5. The molecule has 6 heteroatoms. The summed E-state index contributed by atoms with van der Waals surface area (Å²) in [5.41, 5.74) is 2.18. The topological polar surface area (TPSA) is 35.2 Å². The molecular formula is C5H9ClF3NO. The molecule has 0 rings (SSSR count). The second-order valence-corrected chi connectivity index (χ2v) is 2.24. The lowest BCUT2D eigenvalue weighted by atomic mass is 10.5. The number of ether oxygens (including phenoxy) is 1. The zero-order valence-corrected chi connectivity index (χ0v) is 6.45. The van der Waals surface area contributed by atoms with Crippen LogP contribution >= 0.6 is 11.6 Å². The molecule has 0 saturated heterocycles. The minimum Gasteiger partial charge on any atom is -0.330 e. The normalized spacial score (nSPS) is 15.0. The lowest BCUT2D eigenvalue weighted by Crippen LogP contribution is -2.30. The van der Waals surface area contributed by atoms with Gasteiger partial charge in [0, 0.05) is 0 Å². The van der Waals surface area contributed by atoms with E-state index in [0.29, 0.717) is 0 Å². The van der Waals surface area contributed by atoms with Crippen LogP contribution in [0.4, 0.5) is 13.2 Å². The summed E-state index contributed by atoms with van der Waals surface area (Å²) in [7, 11) is 0. The molecule has 0 aromatic carbocycles. The molecule has 68 valence electrons. The molecule has 0 amide bonds. The van der Waals surface area contributed by atoms with Gasteiger partial charge in [-0.15, -0.1) is 0 Å². The molecule has 0 aliphatic carbocycles. The van der Waals surface area contributed by atoms with E-state index in [-0.39, 0.29) is 19.6 Å². The molecular weight excluding hydrogens is 183 g/mol. The molecule has 0 fully saturated rings. The molecule has 11 heavy (non-hydrogen) atoms. The van der Waals surface area contributed by atoms with E-state index in [4.69, 9.17) is 5.73 Å². The first kappa shape index (κ1) is 11.0. The van der Waals surface area contributed by atoms with Crippen molar-refractivity contribution in [2.45, 2.75) is 18.2 Å². The van der Waals surface area contributed by atoms with Gasteiger partial charge < -0.3 is 10.5 Å². The molecule has 2 N–H and O–H groups in total. The van der Waals surface area contributed by atoms with Crippen LogP contribution in [0.2, 0.25) is 0 Å². The van der Waals surface area contributed by atoms with Gasteiger partial charge in [0.25, 0.3) is 5.63 Å². The third kappa shape index (κ3) is 4.44. The number of hydrogen-bond donors (Lipinski definition) is 1. The van der Waals surface area contributed by atoms with E-state index >= 15 is 0 Å². The van der Waals surface area contributed by atoms with Gasteiger partial charge in [-0.25, -0.2) is 4.39 Å². The summed E-state index contributed by atoms with van der Waals surface area (Å²) in [6, 6.07) is 0. The smallest absolute Gasteiger partial charge is 0.330 e. The molecule has 0 radical (unpaired) electrons. The fraction of sp³-hybridized carbons (Fsp3) is 1.00. The zero-order valence-electron chi connectivity index (χ0n) is 5.70. The number of halogens is 4. The van der Waals surface area contributed by atoms with Crippen LogP contribution in [-0.2, 0) is 4.74 Å². The van der Waals surface area contributed by atoms with Gasteiger partial charge in [-0.2, -0.15) is 8.78 Å². The number of alkyl halides is 4. The van der Waals surface area contributed by atoms with E-state index in [0.717, 1.165) is 0 Å². The Kier molecular flexibility index (Phi) is 4.79. The summed E-state index contributed by atoms with van der Waals surface area (Å²) in [4.78, 5) is 0. The van der Waals surface area contributed by atoms with E-state index in [1.165, 1.54) is 0 Å². The number of hydrogen-bond acceptors (Lipinski definition) is 2. The lowest BCUT2D eigenvalue weighted by molar-refractivity contribution is -0.256. The average molecular weight is 192 g/mol. The third-order valence-corrected chi connectivity index (χ3v) is 1.15. The maximum Gasteiger partial charge on any atom is 0.400 e. The summed E-state index contributed by atoms with van der Waals surface area (Å²) in [5, 5.41) is 0. The minimum atomic E-state index is -3.91. The van der Waals surface area contributed by atoms with Gasteiger partial charge in [-0.3, -0.25) is 0 Å². The molecule has 0 aromatic rings. The summed E-state index contributed by atoms with van der Waals surface area (Å²) < 4.78 is 39.8. The summed E-state index contributed by atoms with van der Waals surface area (Å²) in [5.74, 6) is 0. The van der Waals surface area contributed by atoms with Gasteiger partial charge >= 0.3 is 6.11 Å². The Labute approximate surface area is 67.5 Å². The lowest BCUT2D eigenvalue weighted by Gasteiger charge is -2.15. The monoisotopic (exact) mass is 191 g/mol. The van der Waals surface area contributed by atoms with Crippen LogP contribution in [0.3, 0.4) is 0 Å². The Balaban J connectivity index is 3.55. The van der Waals surface area contributed by atoms with Crippen molar-refractivity contribution in [1.29, 1.82) is 0 Å². The molecule has 2 nitrogen and oxygen atoms in total. The second-order valence-electron chi connectivity index (χ2n) is 1.85. The SMILES string of the molecule is NCCCOC(F)(F)C(F)Cl. The third-order valence-electron chi connectivity index (χ3n) is 0.897. The van der Waals surface area contributed by atoms with Gasteiger partial charge in [0.05, 0.1) is 6.61 Å². The van der Waals surface area contributed by atoms with E-state index < -0.39 is 11.7 Å². The van der Waals surface area contributed by atoms with Crippen LogP contribution in [-0.4, -0.2) is 24.9 Å². The van der Waals surface area contributed by atoms with Crippen molar-refractivity contribution in [2.24, 2.45) is 5.73 Å². The zero-order chi connectivity index (χ0) is 8.91. The first-order valence-electron chi connectivity index (χ1n) is 3.00. The minimum absolute atomic E-state index is 0.218. The fourth-order valence-electron chi connectivity index (χ4n) is 0.355. The van der Waals surface area contributed by atoms with Crippen molar-refractivity contribution in [3.05, 3.63) is 0 Å². The largest absolute Gasteiger partial charge is 0.400 e.